The lowest BCUT2D eigenvalue weighted by Crippen LogP contribution is -2.45. The van der Waals surface area contributed by atoms with E-state index in [2.05, 4.69) is 22.1 Å². The zero-order chi connectivity index (χ0) is 27.1. The molecular formula is C30H41N3O5. The van der Waals surface area contributed by atoms with Crippen molar-refractivity contribution in [2.75, 3.05) is 39.3 Å². The third-order valence-corrected chi connectivity index (χ3v) is 7.49. The highest BCUT2D eigenvalue weighted by Crippen LogP contribution is 2.25. The Morgan fingerprint density at radius 1 is 1.00 bits per heavy atom. The summed E-state index contributed by atoms with van der Waals surface area (Å²) in [6, 6.07) is 7.68. The molecule has 3 aliphatic rings. The van der Waals surface area contributed by atoms with Gasteiger partial charge in [0.15, 0.2) is 0 Å². The van der Waals surface area contributed by atoms with Crippen molar-refractivity contribution < 1.29 is 23.9 Å². The molecule has 4 rings (SSSR count). The molecular weight excluding hydrogens is 482 g/mol. The molecule has 0 spiro atoms. The highest BCUT2D eigenvalue weighted by atomic mass is 16.6. The van der Waals surface area contributed by atoms with Gasteiger partial charge in [-0.2, -0.15) is 0 Å². The average Bonchev–Trinajstić information content (AvgIpc) is 2.87. The molecule has 1 atom stereocenters. The van der Waals surface area contributed by atoms with E-state index in [-0.39, 0.29) is 29.9 Å². The molecule has 1 unspecified atom stereocenters. The van der Waals surface area contributed by atoms with E-state index in [0.717, 1.165) is 69.5 Å². The monoisotopic (exact) mass is 523 g/mol. The molecule has 1 aromatic rings. The Morgan fingerprint density at radius 2 is 1.68 bits per heavy atom. The van der Waals surface area contributed by atoms with Gasteiger partial charge in [-0.1, -0.05) is 24.0 Å². The number of ether oxygens (including phenoxy) is 2. The van der Waals surface area contributed by atoms with Gasteiger partial charge in [0.05, 0.1) is 12.0 Å². The van der Waals surface area contributed by atoms with E-state index < -0.39 is 5.60 Å². The largest absolute Gasteiger partial charge is 0.444 e. The first kappa shape index (κ1) is 28.1. The Bertz CT molecular complexity index is 1040. The minimum absolute atomic E-state index is 0.193. The summed E-state index contributed by atoms with van der Waals surface area (Å²) in [5.41, 5.74) is 1.35. The van der Waals surface area contributed by atoms with Crippen LogP contribution in [0.2, 0.25) is 0 Å². The lowest BCUT2D eigenvalue weighted by atomic mass is 9.90. The summed E-state index contributed by atoms with van der Waals surface area (Å²) in [5.74, 6) is 6.19. The van der Waals surface area contributed by atoms with Crippen molar-refractivity contribution in [3.05, 3.63) is 35.4 Å². The van der Waals surface area contributed by atoms with Crippen molar-refractivity contribution in [2.24, 2.45) is 5.92 Å². The SMILES string of the molecule is CC(C)(C)OC(=O)N1CCC(CN2CCC(OCC#Cc3ccc(C4CCC(=O)NC4=O)cc3)CC2)CC1. The predicted molar refractivity (Wildman–Crippen MR) is 144 cm³/mol. The van der Waals surface area contributed by atoms with Crippen LogP contribution in [0.25, 0.3) is 0 Å². The smallest absolute Gasteiger partial charge is 0.410 e. The number of nitrogens with one attached hydrogen (secondary N) is 1. The molecule has 8 heteroatoms. The molecule has 3 amide bonds. The fraction of sp³-hybridized carbons (Fsp3) is 0.633. The van der Waals surface area contributed by atoms with Gasteiger partial charge >= 0.3 is 6.09 Å². The summed E-state index contributed by atoms with van der Waals surface area (Å²) >= 11 is 0. The number of amides is 3. The topological polar surface area (TPSA) is 88.2 Å². The zero-order valence-corrected chi connectivity index (χ0v) is 23.0. The highest BCUT2D eigenvalue weighted by Gasteiger charge is 2.29. The van der Waals surface area contributed by atoms with Gasteiger partial charge in [-0.15, -0.1) is 0 Å². The average molecular weight is 524 g/mol. The van der Waals surface area contributed by atoms with Gasteiger partial charge in [-0.3, -0.25) is 14.9 Å². The van der Waals surface area contributed by atoms with Gasteiger partial charge in [-0.25, -0.2) is 4.79 Å². The van der Waals surface area contributed by atoms with Gasteiger partial charge in [0.25, 0.3) is 0 Å². The van der Waals surface area contributed by atoms with Crippen molar-refractivity contribution in [3.63, 3.8) is 0 Å². The van der Waals surface area contributed by atoms with Crippen LogP contribution in [-0.4, -0.2) is 78.7 Å². The molecule has 3 fully saturated rings. The molecule has 3 heterocycles. The van der Waals surface area contributed by atoms with Crippen LogP contribution in [0.3, 0.4) is 0 Å². The second kappa shape index (κ2) is 12.8. The van der Waals surface area contributed by atoms with Crippen LogP contribution in [0.5, 0.6) is 0 Å². The summed E-state index contributed by atoms with van der Waals surface area (Å²) in [4.78, 5) is 40.0. The summed E-state index contributed by atoms with van der Waals surface area (Å²) in [7, 11) is 0. The number of benzene rings is 1. The van der Waals surface area contributed by atoms with Crippen molar-refractivity contribution in [3.8, 4) is 11.8 Å². The number of imide groups is 1. The van der Waals surface area contributed by atoms with Crippen LogP contribution in [0, 0.1) is 17.8 Å². The number of rotatable bonds is 5. The zero-order valence-electron chi connectivity index (χ0n) is 23.0. The van der Waals surface area contributed by atoms with Gasteiger partial charge in [-0.05, 0) is 76.5 Å². The van der Waals surface area contributed by atoms with Crippen LogP contribution in [0.4, 0.5) is 4.79 Å². The molecule has 0 aromatic heterocycles. The summed E-state index contributed by atoms with van der Waals surface area (Å²) in [6.45, 7) is 10.8. The summed E-state index contributed by atoms with van der Waals surface area (Å²) in [6.07, 6.45) is 5.06. The third-order valence-electron chi connectivity index (χ3n) is 7.49. The number of hydrogen-bond donors (Lipinski definition) is 1. The number of carbonyl (C=O) groups is 3. The normalized spacial score (nSPS) is 22.0. The van der Waals surface area contributed by atoms with Gasteiger partial charge in [0, 0.05) is 44.7 Å². The highest BCUT2D eigenvalue weighted by molar-refractivity contribution is 6.00. The second-order valence-electron chi connectivity index (χ2n) is 11.6. The van der Waals surface area contributed by atoms with E-state index in [1.165, 1.54) is 0 Å². The number of hydrogen-bond acceptors (Lipinski definition) is 6. The molecule has 1 N–H and O–H groups in total. The summed E-state index contributed by atoms with van der Waals surface area (Å²) in [5, 5.41) is 2.41. The lowest BCUT2D eigenvalue weighted by Gasteiger charge is -2.37. The van der Waals surface area contributed by atoms with E-state index >= 15 is 0 Å². The maximum absolute atomic E-state index is 12.3. The molecule has 1 aromatic carbocycles. The van der Waals surface area contributed by atoms with E-state index in [1.807, 2.05) is 49.9 Å². The van der Waals surface area contributed by atoms with Gasteiger partial charge < -0.3 is 19.3 Å². The lowest BCUT2D eigenvalue weighted by molar-refractivity contribution is -0.134. The van der Waals surface area contributed by atoms with Crippen LogP contribution in [0.15, 0.2) is 24.3 Å². The Morgan fingerprint density at radius 3 is 2.32 bits per heavy atom. The molecule has 0 bridgehead atoms. The number of likely N-dealkylation sites (tertiary alicyclic amines) is 2. The van der Waals surface area contributed by atoms with Crippen molar-refractivity contribution in [1.82, 2.24) is 15.1 Å². The molecule has 0 radical (unpaired) electrons. The Hall–Kier alpha value is -2.89. The first-order chi connectivity index (χ1) is 18.2. The van der Waals surface area contributed by atoms with Crippen molar-refractivity contribution in [2.45, 2.75) is 76.9 Å². The minimum atomic E-state index is -0.448. The number of carbonyl (C=O) groups excluding carboxylic acids is 3. The van der Waals surface area contributed by atoms with Crippen molar-refractivity contribution >= 4 is 17.9 Å². The Kier molecular flexibility index (Phi) is 9.45. The van der Waals surface area contributed by atoms with E-state index in [0.29, 0.717) is 25.4 Å². The van der Waals surface area contributed by atoms with Crippen molar-refractivity contribution in [1.29, 1.82) is 0 Å². The Balaban J connectivity index is 1.11. The fourth-order valence-electron chi connectivity index (χ4n) is 5.36. The first-order valence-electron chi connectivity index (χ1n) is 13.9. The number of nitrogens with zero attached hydrogens (tertiary/aromatic N) is 2. The van der Waals surface area contributed by atoms with E-state index in [1.54, 1.807) is 0 Å². The maximum Gasteiger partial charge on any atom is 0.410 e. The summed E-state index contributed by atoms with van der Waals surface area (Å²) < 4.78 is 11.5. The molecule has 3 aliphatic heterocycles. The Labute approximate surface area is 226 Å². The molecule has 38 heavy (non-hydrogen) atoms. The first-order valence-corrected chi connectivity index (χ1v) is 13.9. The number of piperidine rings is 3. The molecule has 206 valence electrons. The van der Waals surface area contributed by atoms with Gasteiger partial charge in [0.2, 0.25) is 11.8 Å². The second-order valence-corrected chi connectivity index (χ2v) is 11.6. The van der Waals surface area contributed by atoms with E-state index in [4.69, 9.17) is 9.47 Å². The fourth-order valence-corrected chi connectivity index (χ4v) is 5.36. The quantitative estimate of drug-likeness (QED) is 0.468. The van der Waals surface area contributed by atoms with Crippen LogP contribution in [-0.2, 0) is 19.1 Å². The van der Waals surface area contributed by atoms with Crippen LogP contribution in [0.1, 0.15) is 76.3 Å². The maximum atomic E-state index is 12.3. The van der Waals surface area contributed by atoms with Crippen LogP contribution < -0.4 is 5.32 Å². The molecule has 8 nitrogen and oxygen atoms in total. The molecule has 0 saturated carbocycles. The van der Waals surface area contributed by atoms with Crippen LogP contribution >= 0.6 is 0 Å². The predicted octanol–water partition coefficient (Wildman–Crippen LogP) is 3.69. The molecule has 0 aliphatic carbocycles. The minimum Gasteiger partial charge on any atom is -0.444 e. The van der Waals surface area contributed by atoms with Gasteiger partial charge in [0.1, 0.15) is 12.2 Å². The third kappa shape index (κ3) is 8.31. The molecule has 3 saturated heterocycles. The standard InChI is InChI=1S/C30H41N3O5/c1-30(2,3)38-29(36)33-18-12-23(13-19-33)21-32-16-14-25(15-17-32)37-20-4-5-22-6-8-24(9-7-22)26-10-11-27(34)31-28(26)35/h6-9,23,25-26H,10-21H2,1-3H3,(H,31,34,35). The van der Waals surface area contributed by atoms with E-state index in [9.17, 15) is 14.4 Å².